The molecule has 102 valence electrons. The molecule has 0 amide bonds. The number of hydrogen-bond acceptors (Lipinski definition) is 2. The normalized spacial score (nSPS) is 14.8. The second-order valence-corrected chi connectivity index (χ2v) is 5.17. The molecule has 1 aromatic carbocycles. The Morgan fingerprint density at radius 2 is 1.94 bits per heavy atom. The highest BCUT2D eigenvalue weighted by Crippen LogP contribution is 2.19. The maximum absolute atomic E-state index is 13.7. The standard InChI is InChI=1S/C15H24FNO/c1-4-15(13-7-5-6-8-14(13)16)17-10-12(18)9-11(2)3/h5-8,11-12,15,17-18H,4,9-10H2,1-3H3. The summed E-state index contributed by atoms with van der Waals surface area (Å²) in [6.07, 6.45) is 1.20. The molecule has 0 aliphatic rings. The minimum atomic E-state index is -0.370. The number of halogens is 1. The van der Waals surface area contributed by atoms with E-state index in [-0.39, 0.29) is 18.0 Å². The zero-order valence-corrected chi connectivity index (χ0v) is 11.5. The lowest BCUT2D eigenvalue weighted by atomic mass is 10.0. The summed E-state index contributed by atoms with van der Waals surface area (Å²) in [5.74, 6) is 0.283. The van der Waals surface area contributed by atoms with Gasteiger partial charge in [-0.25, -0.2) is 4.39 Å². The first-order valence-electron chi connectivity index (χ1n) is 6.70. The third-order valence-corrected chi connectivity index (χ3v) is 3.03. The fourth-order valence-corrected chi connectivity index (χ4v) is 2.14. The summed E-state index contributed by atoms with van der Waals surface area (Å²) in [5.41, 5.74) is 0.678. The molecule has 18 heavy (non-hydrogen) atoms. The van der Waals surface area contributed by atoms with Crippen LogP contribution in [0.4, 0.5) is 4.39 Å². The Labute approximate surface area is 109 Å². The van der Waals surface area contributed by atoms with Gasteiger partial charge in [0, 0.05) is 18.2 Å². The molecule has 2 atom stereocenters. The predicted molar refractivity (Wildman–Crippen MR) is 72.9 cm³/mol. The van der Waals surface area contributed by atoms with E-state index in [9.17, 15) is 9.50 Å². The van der Waals surface area contributed by atoms with Gasteiger partial charge in [-0.1, -0.05) is 39.0 Å². The Morgan fingerprint density at radius 3 is 2.50 bits per heavy atom. The second-order valence-electron chi connectivity index (χ2n) is 5.17. The Bertz CT molecular complexity index is 354. The summed E-state index contributed by atoms with van der Waals surface area (Å²) in [6.45, 7) is 6.68. The van der Waals surface area contributed by atoms with Gasteiger partial charge in [-0.3, -0.25) is 0 Å². The smallest absolute Gasteiger partial charge is 0.127 e. The summed E-state index contributed by atoms with van der Waals surface area (Å²) in [5, 5.41) is 13.1. The molecule has 2 nitrogen and oxygen atoms in total. The molecule has 0 aliphatic carbocycles. The second kappa shape index (κ2) is 7.49. The molecule has 0 saturated carbocycles. The van der Waals surface area contributed by atoms with Crippen LogP contribution < -0.4 is 5.32 Å². The first-order chi connectivity index (χ1) is 8.54. The topological polar surface area (TPSA) is 32.3 Å². The van der Waals surface area contributed by atoms with E-state index in [2.05, 4.69) is 19.2 Å². The van der Waals surface area contributed by atoms with Gasteiger partial charge in [-0.15, -0.1) is 0 Å². The van der Waals surface area contributed by atoms with Gasteiger partial charge in [-0.2, -0.15) is 0 Å². The first-order valence-corrected chi connectivity index (χ1v) is 6.70. The average Bonchev–Trinajstić information content (AvgIpc) is 2.31. The van der Waals surface area contributed by atoms with E-state index in [1.165, 1.54) is 6.07 Å². The van der Waals surface area contributed by atoms with Crippen LogP contribution >= 0.6 is 0 Å². The fraction of sp³-hybridized carbons (Fsp3) is 0.600. The van der Waals surface area contributed by atoms with Crippen LogP contribution in [0.15, 0.2) is 24.3 Å². The lowest BCUT2D eigenvalue weighted by molar-refractivity contribution is 0.142. The summed E-state index contributed by atoms with van der Waals surface area (Å²) >= 11 is 0. The zero-order chi connectivity index (χ0) is 13.5. The van der Waals surface area contributed by atoms with Crippen LogP contribution in [0, 0.1) is 11.7 Å². The molecule has 0 aliphatic heterocycles. The highest BCUT2D eigenvalue weighted by atomic mass is 19.1. The van der Waals surface area contributed by atoms with Crippen LogP contribution in [0.25, 0.3) is 0 Å². The van der Waals surface area contributed by atoms with Crippen molar-refractivity contribution in [3.8, 4) is 0 Å². The quantitative estimate of drug-likeness (QED) is 0.781. The van der Waals surface area contributed by atoms with Crippen molar-refractivity contribution in [2.24, 2.45) is 5.92 Å². The predicted octanol–water partition coefficient (Wildman–Crippen LogP) is 3.27. The van der Waals surface area contributed by atoms with E-state index >= 15 is 0 Å². The number of rotatable bonds is 7. The van der Waals surface area contributed by atoms with Crippen molar-refractivity contribution in [1.82, 2.24) is 5.32 Å². The van der Waals surface area contributed by atoms with Crippen molar-refractivity contribution in [2.75, 3.05) is 6.54 Å². The molecule has 3 heteroatoms. The van der Waals surface area contributed by atoms with Gasteiger partial charge in [0.25, 0.3) is 0 Å². The lowest BCUT2D eigenvalue weighted by Crippen LogP contribution is -2.31. The number of aliphatic hydroxyl groups is 1. The third-order valence-electron chi connectivity index (χ3n) is 3.03. The SMILES string of the molecule is CCC(NCC(O)CC(C)C)c1ccccc1F. The fourth-order valence-electron chi connectivity index (χ4n) is 2.14. The summed E-state index contributed by atoms with van der Waals surface area (Å²) in [4.78, 5) is 0. The van der Waals surface area contributed by atoms with E-state index in [0.717, 1.165) is 12.8 Å². The van der Waals surface area contributed by atoms with Crippen LogP contribution in [-0.2, 0) is 0 Å². The van der Waals surface area contributed by atoms with Gasteiger partial charge in [-0.05, 0) is 24.8 Å². The molecular weight excluding hydrogens is 229 g/mol. The largest absolute Gasteiger partial charge is 0.392 e. The van der Waals surface area contributed by atoms with Crippen LogP contribution in [0.5, 0.6) is 0 Å². The number of benzene rings is 1. The summed E-state index contributed by atoms with van der Waals surface area (Å²) in [7, 11) is 0. The van der Waals surface area contributed by atoms with E-state index < -0.39 is 0 Å². The molecule has 1 aromatic rings. The van der Waals surface area contributed by atoms with Crippen molar-refractivity contribution in [3.63, 3.8) is 0 Å². The van der Waals surface area contributed by atoms with E-state index in [0.29, 0.717) is 18.0 Å². The Hall–Kier alpha value is -0.930. The highest BCUT2D eigenvalue weighted by molar-refractivity contribution is 5.21. The van der Waals surface area contributed by atoms with Gasteiger partial charge in [0.1, 0.15) is 5.82 Å². The molecule has 1 rings (SSSR count). The average molecular weight is 253 g/mol. The van der Waals surface area contributed by atoms with Crippen molar-refractivity contribution >= 4 is 0 Å². The summed E-state index contributed by atoms with van der Waals surface area (Å²) < 4.78 is 13.7. The monoisotopic (exact) mass is 253 g/mol. The Kier molecular flexibility index (Phi) is 6.30. The molecular formula is C15H24FNO. The van der Waals surface area contributed by atoms with Crippen LogP contribution in [0.2, 0.25) is 0 Å². The van der Waals surface area contributed by atoms with Gasteiger partial charge >= 0.3 is 0 Å². The molecule has 2 unspecified atom stereocenters. The van der Waals surface area contributed by atoms with Crippen molar-refractivity contribution in [1.29, 1.82) is 0 Å². The van der Waals surface area contributed by atoms with Crippen LogP contribution in [0.3, 0.4) is 0 Å². The molecule has 0 fully saturated rings. The van der Waals surface area contributed by atoms with Crippen molar-refractivity contribution in [2.45, 2.75) is 45.8 Å². The van der Waals surface area contributed by atoms with E-state index in [4.69, 9.17) is 0 Å². The molecule has 0 saturated heterocycles. The molecule has 0 bridgehead atoms. The number of hydrogen-bond donors (Lipinski definition) is 2. The minimum absolute atomic E-state index is 0.0342. The van der Waals surface area contributed by atoms with Crippen molar-refractivity contribution < 1.29 is 9.50 Å². The zero-order valence-electron chi connectivity index (χ0n) is 11.5. The van der Waals surface area contributed by atoms with Crippen LogP contribution in [0.1, 0.15) is 45.2 Å². The third kappa shape index (κ3) is 4.75. The van der Waals surface area contributed by atoms with Crippen molar-refractivity contribution in [3.05, 3.63) is 35.6 Å². The van der Waals surface area contributed by atoms with Crippen LogP contribution in [-0.4, -0.2) is 17.8 Å². The molecule has 0 spiro atoms. The maximum Gasteiger partial charge on any atom is 0.127 e. The first kappa shape index (κ1) is 15.1. The molecule has 0 heterocycles. The van der Waals surface area contributed by atoms with E-state index in [1.54, 1.807) is 12.1 Å². The molecule has 0 aromatic heterocycles. The highest BCUT2D eigenvalue weighted by Gasteiger charge is 2.15. The van der Waals surface area contributed by atoms with Gasteiger partial charge in [0.15, 0.2) is 0 Å². The van der Waals surface area contributed by atoms with E-state index in [1.807, 2.05) is 13.0 Å². The Balaban J connectivity index is 2.55. The Morgan fingerprint density at radius 1 is 1.28 bits per heavy atom. The lowest BCUT2D eigenvalue weighted by Gasteiger charge is -2.21. The summed E-state index contributed by atoms with van der Waals surface area (Å²) in [6, 6.07) is 6.77. The minimum Gasteiger partial charge on any atom is -0.392 e. The molecule has 0 radical (unpaired) electrons. The number of nitrogens with one attached hydrogen (secondary N) is 1. The number of aliphatic hydroxyl groups excluding tert-OH is 1. The maximum atomic E-state index is 13.7. The van der Waals surface area contributed by atoms with Gasteiger partial charge in [0.05, 0.1) is 6.10 Å². The van der Waals surface area contributed by atoms with Gasteiger partial charge in [0.2, 0.25) is 0 Å². The van der Waals surface area contributed by atoms with Gasteiger partial charge < -0.3 is 10.4 Å². The molecule has 2 N–H and O–H groups in total.